The van der Waals surface area contributed by atoms with E-state index in [1.807, 2.05) is 18.2 Å². The summed E-state index contributed by atoms with van der Waals surface area (Å²) in [6.07, 6.45) is -1.50. The number of para-hydroxylation sites is 1. The molecule has 2 aromatic rings. The summed E-state index contributed by atoms with van der Waals surface area (Å²) in [4.78, 5) is 4.01. The molecule has 1 aromatic carbocycles. The third-order valence-corrected chi connectivity index (χ3v) is 4.27. The fourth-order valence-electron chi connectivity index (χ4n) is 2.32. The Balaban J connectivity index is 1.62. The van der Waals surface area contributed by atoms with Gasteiger partial charge in [0, 0.05) is 23.7 Å². The van der Waals surface area contributed by atoms with Crippen LogP contribution in [0, 0.1) is 0 Å². The van der Waals surface area contributed by atoms with E-state index in [4.69, 9.17) is 9.47 Å². The van der Waals surface area contributed by atoms with Crippen LogP contribution in [0.4, 0.5) is 13.2 Å². The molecule has 23 heavy (non-hydrogen) atoms. The molecule has 0 fully saturated rings. The molecular weight excluding hydrogens is 329 g/mol. The van der Waals surface area contributed by atoms with Crippen LogP contribution in [0.3, 0.4) is 0 Å². The molecule has 8 heteroatoms. The second kappa shape index (κ2) is 6.74. The number of halogens is 3. The van der Waals surface area contributed by atoms with Gasteiger partial charge in [0.1, 0.15) is 25.6 Å². The summed E-state index contributed by atoms with van der Waals surface area (Å²) in [5.74, 6) is 2.87. The molecule has 1 aliphatic heterocycles. The van der Waals surface area contributed by atoms with E-state index >= 15 is 0 Å². The van der Waals surface area contributed by atoms with E-state index in [0.717, 1.165) is 15.9 Å². The summed E-state index contributed by atoms with van der Waals surface area (Å²) < 4.78 is 49.7. The molecule has 2 heterocycles. The fourth-order valence-corrected chi connectivity index (χ4v) is 3.29. The van der Waals surface area contributed by atoms with Crippen molar-refractivity contribution in [2.24, 2.45) is 0 Å². The van der Waals surface area contributed by atoms with Crippen LogP contribution < -0.4 is 9.47 Å². The highest BCUT2D eigenvalue weighted by molar-refractivity contribution is 7.97. The van der Waals surface area contributed by atoms with Crippen LogP contribution in [0.1, 0.15) is 11.4 Å². The van der Waals surface area contributed by atoms with Crippen LogP contribution in [-0.4, -0.2) is 28.9 Å². The van der Waals surface area contributed by atoms with Crippen LogP contribution >= 0.6 is 11.8 Å². The number of imidazole rings is 1. The highest BCUT2D eigenvalue weighted by Gasteiger charge is 2.28. The summed E-state index contributed by atoms with van der Waals surface area (Å²) in [7, 11) is 0. The first-order valence-corrected chi connectivity index (χ1v) is 8.20. The summed E-state index contributed by atoms with van der Waals surface area (Å²) in [6.45, 7) is 0.0176. The molecule has 0 saturated carbocycles. The number of fused-ring (bicyclic) bond motifs is 1. The summed E-state index contributed by atoms with van der Waals surface area (Å²) >= 11 is 1.49. The molecule has 0 unspecified atom stereocenters. The van der Waals surface area contributed by atoms with Gasteiger partial charge in [-0.05, 0) is 6.07 Å². The first-order chi connectivity index (χ1) is 11.0. The molecule has 1 aliphatic rings. The number of aromatic nitrogens is 2. The number of benzene rings is 1. The predicted octanol–water partition coefficient (Wildman–Crippen LogP) is 3.65. The zero-order valence-corrected chi connectivity index (χ0v) is 13.0. The first kappa shape index (κ1) is 16.0. The van der Waals surface area contributed by atoms with Crippen molar-refractivity contribution in [1.29, 1.82) is 0 Å². The summed E-state index contributed by atoms with van der Waals surface area (Å²) in [5, 5.41) is 0. The number of nitrogens with zero attached hydrogens (tertiary/aromatic N) is 2. The van der Waals surface area contributed by atoms with E-state index in [2.05, 4.69) is 4.98 Å². The van der Waals surface area contributed by atoms with E-state index in [1.54, 1.807) is 0 Å². The Hall–Kier alpha value is -1.83. The molecule has 0 saturated heterocycles. The van der Waals surface area contributed by atoms with Gasteiger partial charge >= 0.3 is 6.18 Å². The lowest BCUT2D eigenvalue weighted by Crippen LogP contribution is -2.18. The maximum atomic E-state index is 12.5. The fraction of sp³-hybridized carbons (Fsp3) is 0.400. The average Bonchev–Trinajstić information content (AvgIpc) is 2.93. The largest absolute Gasteiger partial charge is 0.486 e. The van der Waals surface area contributed by atoms with Crippen LogP contribution in [0.5, 0.6) is 11.5 Å². The van der Waals surface area contributed by atoms with Gasteiger partial charge in [-0.1, -0.05) is 12.1 Å². The Morgan fingerprint density at radius 1 is 1.17 bits per heavy atom. The van der Waals surface area contributed by atoms with Gasteiger partial charge in [-0.25, -0.2) is 4.98 Å². The molecule has 4 nitrogen and oxygen atoms in total. The minimum atomic E-state index is -4.25. The topological polar surface area (TPSA) is 36.3 Å². The quantitative estimate of drug-likeness (QED) is 0.830. The number of thioether (sulfide) groups is 1. The number of ether oxygens (including phenoxy) is 2. The normalized spacial score (nSPS) is 14.0. The van der Waals surface area contributed by atoms with Crippen molar-refractivity contribution in [3.05, 3.63) is 42.0 Å². The highest BCUT2D eigenvalue weighted by atomic mass is 32.2. The highest BCUT2D eigenvalue weighted by Crippen LogP contribution is 2.36. The van der Waals surface area contributed by atoms with Crippen molar-refractivity contribution in [2.75, 3.05) is 13.2 Å². The molecular formula is C15H15F3N2O2S. The molecule has 0 spiro atoms. The second-order valence-corrected chi connectivity index (χ2v) is 6.01. The van der Waals surface area contributed by atoms with E-state index in [0.29, 0.717) is 36.3 Å². The van der Waals surface area contributed by atoms with Crippen molar-refractivity contribution in [3.63, 3.8) is 0 Å². The van der Waals surface area contributed by atoms with Gasteiger partial charge in [-0.15, -0.1) is 11.8 Å². The van der Waals surface area contributed by atoms with Gasteiger partial charge in [0.15, 0.2) is 11.5 Å². The van der Waals surface area contributed by atoms with Crippen molar-refractivity contribution in [1.82, 2.24) is 9.55 Å². The van der Waals surface area contributed by atoms with Crippen LogP contribution in [0.25, 0.3) is 0 Å². The Morgan fingerprint density at radius 2 is 2.00 bits per heavy atom. The monoisotopic (exact) mass is 344 g/mol. The zero-order valence-electron chi connectivity index (χ0n) is 12.2. The maximum Gasteiger partial charge on any atom is 0.406 e. The molecule has 0 N–H and O–H groups in total. The molecule has 124 valence electrons. The van der Waals surface area contributed by atoms with Crippen molar-refractivity contribution in [3.8, 4) is 11.5 Å². The standard InChI is InChI=1S/C15H15F3N2O2S/c16-15(17,18)10-20-5-4-19-13(20)9-23-8-11-2-1-3-12-14(11)22-7-6-21-12/h1-5H,6-10H2. The summed E-state index contributed by atoms with van der Waals surface area (Å²) in [6, 6.07) is 5.66. The van der Waals surface area contributed by atoms with E-state index < -0.39 is 12.7 Å². The van der Waals surface area contributed by atoms with Gasteiger partial charge < -0.3 is 14.0 Å². The van der Waals surface area contributed by atoms with Gasteiger partial charge in [-0.3, -0.25) is 0 Å². The lowest BCUT2D eigenvalue weighted by molar-refractivity contribution is -0.140. The van der Waals surface area contributed by atoms with Gasteiger partial charge in [0.05, 0.1) is 5.75 Å². The van der Waals surface area contributed by atoms with Crippen LogP contribution in [0.2, 0.25) is 0 Å². The molecule has 0 atom stereocenters. The Kier molecular flexibility index (Phi) is 4.70. The summed E-state index contributed by atoms with van der Waals surface area (Å²) in [5.41, 5.74) is 0.973. The minimum Gasteiger partial charge on any atom is -0.486 e. The van der Waals surface area contributed by atoms with E-state index in [-0.39, 0.29) is 0 Å². The average molecular weight is 344 g/mol. The van der Waals surface area contributed by atoms with E-state index in [9.17, 15) is 13.2 Å². The lowest BCUT2D eigenvalue weighted by atomic mass is 10.2. The Bertz CT molecular complexity index is 673. The minimum absolute atomic E-state index is 0.396. The predicted molar refractivity (Wildman–Crippen MR) is 80.7 cm³/mol. The van der Waals surface area contributed by atoms with Crippen molar-refractivity contribution >= 4 is 11.8 Å². The van der Waals surface area contributed by atoms with Gasteiger partial charge in [-0.2, -0.15) is 13.2 Å². The Morgan fingerprint density at radius 3 is 2.83 bits per heavy atom. The Labute approximate surface area is 135 Å². The third-order valence-electron chi connectivity index (χ3n) is 3.29. The first-order valence-electron chi connectivity index (χ1n) is 7.05. The molecule has 0 bridgehead atoms. The van der Waals surface area contributed by atoms with Crippen molar-refractivity contribution in [2.45, 2.75) is 24.2 Å². The van der Waals surface area contributed by atoms with Gasteiger partial charge in [0.25, 0.3) is 0 Å². The third kappa shape index (κ3) is 4.13. The number of rotatable bonds is 5. The number of alkyl halides is 3. The van der Waals surface area contributed by atoms with Crippen LogP contribution in [-0.2, 0) is 18.1 Å². The molecule has 0 radical (unpaired) electrons. The van der Waals surface area contributed by atoms with Crippen molar-refractivity contribution < 1.29 is 22.6 Å². The van der Waals surface area contributed by atoms with Crippen LogP contribution in [0.15, 0.2) is 30.6 Å². The lowest BCUT2D eigenvalue weighted by Gasteiger charge is -2.20. The number of hydrogen-bond donors (Lipinski definition) is 0. The molecule has 3 rings (SSSR count). The number of hydrogen-bond acceptors (Lipinski definition) is 4. The molecule has 1 aromatic heterocycles. The van der Waals surface area contributed by atoms with Gasteiger partial charge in [0.2, 0.25) is 0 Å². The molecule has 0 amide bonds. The SMILES string of the molecule is FC(F)(F)Cn1ccnc1CSCc1cccc2c1OCCO2. The second-order valence-electron chi connectivity index (χ2n) is 5.02. The molecule has 0 aliphatic carbocycles. The zero-order chi connectivity index (χ0) is 16.3. The smallest absolute Gasteiger partial charge is 0.406 e. The van der Waals surface area contributed by atoms with E-state index in [1.165, 1.54) is 24.2 Å². The maximum absolute atomic E-state index is 12.5.